The summed E-state index contributed by atoms with van der Waals surface area (Å²) >= 11 is 0. The van der Waals surface area contributed by atoms with Crippen molar-refractivity contribution in [2.45, 2.75) is 13.3 Å². The minimum atomic E-state index is 0.603. The summed E-state index contributed by atoms with van der Waals surface area (Å²) in [7, 11) is 1.66. The Morgan fingerprint density at radius 2 is 2.20 bits per heavy atom. The maximum atomic E-state index is 5.38. The molecule has 0 aromatic carbocycles. The third-order valence-electron chi connectivity index (χ3n) is 1.71. The Labute approximate surface area is 89.8 Å². The summed E-state index contributed by atoms with van der Waals surface area (Å²) in [6.45, 7) is 4.10. The summed E-state index contributed by atoms with van der Waals surface area (Å²) in [6.07, 6.45) is 2.45. The summed E-state index contributed by atoms with van der Waals surface area (Å²) in [4.78, 5) is 8.06. The zero-order chi connectivity index (χ0) is 10.9. The van der Waals surface area contributed by atoms with Gasteiger partial charge in [0.2, 0.25) is 5.88 Å². The summed E-state index contributed by atoms with van der Waals surface area (Å²) in [5.74, 6) is 1.36. The van der Waals surface area contributed by atoms with Crippen LogP contribution in [0.2, 0.25) is 0 Å². The number of nitrogens with zero attached hydrogens (tertiary/aromatic N) is 2. The highest BCUT2D eigenvalue weighted by atomic mass is 16.5. The third kappa shape index (κ3) is 4.60. The van der Waals surface area contributed by atoms with Gasteiger partial charge in [0.1, 0.15) is 12.1 Å². The van der Waals surface area contributed by atoms with Crippen molar-refractivity contribution in [2.24, 2.45) is 0 Å². The van der Waals surface area contributed by atoms with Gasteiger partial charge in [-0.1, -0.05) is 6.92 Å². The Bertz CT molecular complexity index is 281. The van der Waals surface area contributed by atoms with Gasteiger partial charge in [-0.2, -0.15) is 0 Å². The van der Waals surface area contributed by atoms with Crippen molar-refractivity contribution < 1.29 is 9.47 Å². The molecule has 1 heterocycles. The van der Waals surface area contributed by atoms with Gasteiger partial charge >= 0.3 is 0 Å². The molecule has 0 saturated carbocycles. The van der Waals surface area contributed by atoms with E-state index in [2.05, 4.69) is 22.2 Å². The van der Waals surface area contributed by atoms with Crippen LogP contribution in [-0.2, 0) is 4.74 Å². The van der Waals surface area contributed by atoms with Gasteiger partial charge in [0.05, 0.1) is 13.2 Å². The first-order valence-electron chi connectivity index (χ1n) is 5.04. The SMILES string of the molecule is CCCOc1cc(NCCOC)ncn1. The molecule has 5 heteroatoms. The van der Waals surface area contributed by atoms with Crippen LogP contribution in [0.1, 0.15) is 13.3 Å². The van der Waals surface area contributed by atoms with E-state index in [1.54, 1.807) is 13.2 Å². The van der Waals surface area contributed by atoms with E-state index in [9.17, 15) is 0 Å². The molecule has 0 unspecified atom stereocenters. The molecule has 1 N–H and O–H groups in total. The highest BCUT2D eigenvalue weighted by Crippen LogP contribution is 2.10. The number of nitrogens with one attached hydrogen (secondary N) is 1. The second kappa shape index (κ2) is 7.00. The van der Waals surface area contributed by atoms with Crippen molar-refractivity contribution in [3.63, 3.8) is 0 Å². The molecule has 5 nitrogen and oxygen atoms in total. The second-order valence-electron chi connectivity index (χ2n) is 3.01. The molecule has 84 valence electrons. The van der Waals surface area contributed by atoms with Crippen LogP contribution in [0, 0.1) is 0 Å². The van der Waals surface area contributed by atoms with E-state index < -0.39 is 0 Å². The van der Waals surface area contributed by atoms with Crippen molar-refractivity contribution in [1.29, 1.82) is 0 Å². The number of methoxy groups -OCH3 is 1. The maximum Gasteiger partial charge on any atom is 0.218 e. The van der Waals surface area contributed by atoms with E-state index in [-0.39, 0.29) is 0 Å². The lowest BCUT2D eigenvalue weighted by atomic mass is 10.5. The molecular formula is C10H17N3O2. The van der Waals surface area contributed by atoms with Gasteiger partial charge < -0.3 is 14.8 Å². The lowest BCUT2D eigenvalue weighted by Crippen LogP contribution is -2.09. The molecule has 0 saturated heterocycles. The molecule has 0 bridgehead atoms. The summed E-state index contributed by atoms with van der Waals surface area (Å²) < 4.78 is 10.3. The Balaban J connectivity index is 2.42. The van der Waals surface area contributed by atoms with Crippen LogP contribution < -0.4 is 10.1 Å². The maximum absolute atomic E-state index is 5.38. The monoisotopic (exact) mass is 211 g/mol. The first-order chi connectivity index (χ1) is 7.36. The average Bonchev–Trinajstić information content (AvgIpc) is 2.27. The Morgan fingerprint density at radius 1 is 1.33 bits per heavy atom. The molecule has 1 aromatic heterocycles. The van der Waals surface area contributed by atoms with E-state index in [1.807, 2.05) is 0 Å². The summed E-state index contributed by atoms with van der Waals surface area (Å²) in [5.41, 5.74) is 0. The molecule has 0 aliphatic rings. The first-order valence-corrected chi connectivity index (χ1v) is 5.04. The molecule has 0 aliphatic carbocycles. The van der Waals surface area contributed by atoms with Gasteiger partial charge in [0.15, 0.2) is 0 Å². The summed E-state index contributed by atoms with van der Waals surface area (Å²) in [5, 5.41) is 3.11. The predicted octanol–water partition coefficient (Wildman–Crippen LogP) is 1.32. The van der Waals surface area contributed by atoms with Crippen molar-refractivity contribution >= 4 is 5.82 Å². The molecule has 1 rings (SSSR count). The van der Waals surface area contributed by atoms with Crippen LogP contribution in [0.3, 0.4) is 0 Å². The number of hydrogen-bond donors (Lipinski definition) is 1. The van der Waals surface area contributed by atoms with Crippen LogP contribution in [0.5, 0.6) is 5.88 Å². The quantitative estimate of drug-likeness (QED) is 0.689. The second-order valence-corrected chi connectivity index (χ2v) is 3.01. The zero-order valence-corrected chi connectivity index (χ0v) is 9.19. The lowest BCUT2D eigenvalue weighted by Gasteiger charge is -2.06. The molecule has 0 aliphatic heterocycles. The van der Waals surface area contributed by atoms with E-state index in [0.29, 0.717) is 19.1 Å². The Morgan fingerprint density at radius 3 is 2.93 bits per heavy atom. The minimum Gasteiger partial charge on any atom is -0.478 e. The standard InChI is InChI=1S/C10H17N3O2/c1-3-5-15-10-7-9(12-8-13-10)11-4-6-14-2/h7-8H,3-6H2,1-2H3,(H,11,12,13). The van der Waals surface area contributed by atoms with Gasteiger partial charge in [-0.15, -0.1) is 0 Å². The number of anilines is 1. The molecule has 0 radical (unpaired) electrons. The molecule has 1 aromatic rings. The molecule has 0 spiro atoms. The van der Waals surface area contributed by atoms with Crippen LogP contribution in [0.4, 0.5) is 5.82 Å². The van der Waals surface area contributed by atoms with Crippen LogP contribution in [0.15, 0.2) is 12.4 Å². The number of rotatable bonds is 7. The third-order valence-corrected chi connectivity index (χ3v) is 1.71. The van der Waals surface area contributed by atoms with E-state index in [4.69, 9.17) is 9.47 Å². The van der Waals surface area contributed by atoms with Crippen LogP contribution in [-0.4, -0.2) is 36.8 Å². The average molecular weight is 211 g/mol. The van der Waals surface area contributed by atoms with Gasteiger partial charge in [-0.25, -0.2) is 9.97 Å². The first kappa shape index (κ1) is 11.7. The number of aromatic nitrogens is 2. The fourth-order valence-corrected chi connectivity index (χ4v) is 1.00. The lowest BCUT2D eigenvalue weighted by molar-refractivity contribution is 0.210. The topological polar surface area (TPSA) is 56.3 Å². The zero-order valence-electron chi connectivity index (χ0n) is 9.19. The molecule has 0 amide bonds. The molecule has 15 heavy (non-hydrogen) atoms. The van der Waals surface area contributed by atoms with Crippen LogP contribution >= 0.6 is 0 Å². The van der Waals surface area contributed by atoms with Gasteiger partial charge in [0.25, 0.3) is 0 Å². The van der Waals surface area contributed by atoms with Crippen molar-refractivity contribution in [3.05, 3.63) is 12.4 Å². The van der Waals surface area contributed by atoms with E-state index in [0.717, 1.165) is 18.8 Å². The molecule has 0 fully saturated rings. The van der Waals surface area contributed by atoms with E-state index in [1.165, 1.54) is 6.33 Å². The van der Waals surface area contributed by atoms with Gasteiger partial charge in [-0.05, 0) is 6.42 Å². The number of hydrogen-bond acceptors (Lipinski definition) is 5. The highest BCUT2D eigenvalue weighted by molar-refractivity contribution is 5.36. The van der Waals surface area contributed by atoms with Gasteiger partial charge in [-0.3, -0.25) is 0 Å². The van der Waals surface area contributed by atoms with Crippen molar-refractivity contribution in [3.8, 4) is 5.88 Å². The number of ether oxygens (including phenoxy) is 2. The van der Waals surface area contributed by atoms with Crippen molar-refractivity contribution in [2.75, 3.05) is 32.2 Å². The minimum absolute atomic E-state index is 0.603. The predicted molar refractivity (Wildman–Crippen MR) is 58.2 cm³/mol. The van der Waals surface area contributed by atoms with Crippen LogP contribution in [0.25, 0.3) is 0 Å². The smallest absolute Gasteiger partial charge is 0.218 e. The fourth-order valence-electron chi connectivity index (χ4n) is 1.00. The van der Waals surface area contributed by atoms with Gasteiger partial charge in [0, 0.05) is 19.7 Å². The normalized spacial score (nSPS) is 10.0. The van der Waals surface area contributed by atoms with Crippen molar-refractivity contribution in [1.82, 2.24) is 9.97 Å². The fraction of sp³-hybridized carbons (Fsp3) is 0.600. The summed E-state index contributed by atoms with van der Waals surface area (Å²) in [6, 6.07) is 1.78. The molecule has 0 atom stereocenters. The van der Waals surface area contributed by atoms with E-state index >= 15 is 0 Å². The molecular weight excluding hydrogens is 194 g/mol. The largest absolute Gasteiger partial charge is 0.478 e. The Hall–Kier alpha value is -1.36. The highest BCUT2D eigenvalue weighted by Gasteiger charge is 1.98. The Kier molecular flexibility index (Phi) is 5.47.